The topological polar surface area (TPSA) is 81.6 Å². The van der Waals surface area contributed by atoms with Gasteiger partial charge in [-0.1, -0.05) is 12.1 Å². The van der Waals surface area contributed by atoms with Crippen molar-refractivity contribution in [3.05, 3.63) is 42.5 Å². The lowest BCUT2D eigenvalue weighted by atomic mass is 9.92. The maximum Gasteiger partial charge on any atom is 0.232 e. The largest absolute Gasteiger partial charge is 0.490 e. The van der Waals surface area contributed by atoms with Gasteiger partial charge in [0.2, 0.25) is 10.0 Å². The van der Waals surface area contributed by atoms with E-state index in [9.17, 15) is 8.42 Å². The Morgan fingerprint density at radius 2 is 1.79 bits per heavy atom. The minimum atomic E-state index is -3.31. The normalized spacial score (nSPS) is 17.5. The molecule has 1 saturated heterocycles. The summed E-state index contributed by atoms with van der Waals surface area (Å²) in [5.74, 6) is 0.948. The molecule has 5 rings (SSSR count). The van der Waals surface area contributed by atoms with Crippen molar-refractivity contribution in [3.8, 4) is 17.0 Å². The Morgan fingerprint density at radius 3 is 2.41 bits per heavy atom. The second-order valence-corrected chi connectivity index (χ2v) is 11.1. The van der Waals surface area contributed by atoms with Gasteiger partial charge in [-0.3, -0.25) is 4.72 Å². The molecule has 1 saturated carbocycles. The molecule has 0 spiro atoms. The SMILES string of the molecule is CCS(=O)(=O)Nc1ccc(-c2c(NC)c3ccc(OC4CCOCC4)cc3n2C2CCC2)cc1. The van der Waals surface area contributed by atoms with Crippen LogP contribution in [0, 0.1) is 0 Å². The summed E-state index contributed by atoms with van der Waals surface area (Å²) in [4.78, 5) is 0. The van der Waals surface area contributed by atoms with Crippen LogP contribution in [0.3, 0.4) is 0 Å². The van der Waals surface area contributed by atoms with Crippen molar-refractivity contribution in [2.24, 2.45) is 0 Å². The van der Waals surface area contributed by atoms with Gasteiger partial charge in [-0.25, -0.2) is 8.42 Å². The lowest BCUT2D eigenvalue weighted by Gasteiger charge is -2.30. The average molecular weight is 484 g/mol. The first-order valence-electron chi connectivity index (χ1n) is 12.2. The number of hydrogen-bond donors (Lipinski definition) is 2. The van der Waals surface area contributed by atoms with Crippen LogP contribution >= 0.6 is 0 Å². The Balaban J connectivity index is 1.56. The van der Waals surface area contributed by atoms with Crippen molar-refractivity contribution in [2.75, 3.05) is 36.1 Å². The van der Waals surface area contributed by atoms with Crippen LogP contribution in [0.15, 0.2) is 42.5 Å². The molecule has 0 amide bonds. The Morgan fingerprint density at radius 1 is 1.06 bits per heavy atom. The first-order valence-corrected chi connectivity index (χ1v) is 13.9. The zero-order valence-corrected chi connectivity index (χ0v) is 20.7. The third-order valence-corrected chi connectivity index (χ3v) is 8.26. The Kier molecular flexibility index (Phi) is 6.44. The lowest BCUT2D eigenvalue weighted by Crippen LogP contribution is -2.25. The summed E-state index contributed by atoms with van der Waals surface area (Å²) >= 11 is 0. The van der Waals surface area contributed by atoms with Gasteiger partial charge in [0.1, 0.15) is 11.9 Å². The van der Waals surface area contributed by atoms with E-state index in [1.54, 1.807) is 6.92 Å². The summed E-state index contributed by atoms with van der Waals surface area (Å²) in [6.07, 6.45) is 5.57. The van der Waals surface area contributed by atoms with Crippen molar-refractivity contribution in [1.29, 1.82) is 0 Å². The van der Waals surface area contributed by atoms with E-state index in [4.69, 9.17) is 9.47 Å². The standard InChI is InChI=1S/C26H33N3O4S/c1-3-34(30,31)28-19-9-7-18(8-10-19)26-25(27-2)23-12-11-22(33-21-13-15-32-16-14-21)17-24(23)29(26)20-5-4-6-20/h7-12,17,20-21,27-28H,3-6,13-16H2,1-2H3. The maximum absolute atomic E-state index is 12.0. The van der Waals surface area contributed by atoms with E-state index < -0.39 is 10.0 Å². The molecule has 1 aliphatic heterocycles. The van der Waals surface area contributed by atoms with Crippen molar-refractivity contribution in [2.45, 2.75) is 51.2 Å². The molecule has 1 aliphatic carbocycles. The molecular formula is C26H33N3O4S. The van der Waals surface area contributed by atoms with E-state index in [1.165, 1.54) is 17.3 Å². The fourth-order valence-corrected chi connectivity index (χ4v) is 5.50. The predicted molar refractivity (Wildman–Crippen MR) is 137 cm³/mol. The van der Waals surface area contributed by atoms with E-state index in [0.717, 1.165) is 61.6 Å². The van der Waals surface area contributed by atoms with Crippen molar-refractivity contribution >= 4 is 32.3 Å². The molecule has 7 nitrogen and oxygen atoms in total. The van der Waals surface area contributed by atoms with Gasteiger partial charge in [0.05, 0.1) is 35.9 Å². The number of benzene rings is 2. The Labute approximate surface area is 201 Å². The summed E-state index contributed by atoms with van der Waals surface area (Å²) in [5.41, 5.74) is 5.02. The van der Waals surface area contributed by atoms with Crippen LogP contribution in [-0.4, -0.2) is 45.1 Å². The third kappa shape index (κ3) is 4.49. The van der Waals surface area contributed by atoms with Crippen molar-refractivity contribution < 1.29 is 17.9 Å². The van der Waals surface area contributed by atoms with Crippen LogP contribution in [0.2, 0.25) is 0 Å². The highest BCUT2D eigenvalue weighted by Gasteiger charge is 2.28. The molecule has 0 radical (unpaired) electrons. The summed E-state index contributed by atoms with van der Waals surface area (Å²) in [6.45, 7) is 3.14. The highest BCUT2D eigenvalue weighted by atomic mass is 32.2. The fraction of sp³-hybridized carbons (Fsp3) is 0.462. The second-order valence-electron chi connectivity index (χ2n) is 9.12. The molecule has 182 valence electrons. The minimum Gasteiger partial charge on any atom is -0.490 e. The van der Waals surface area contributed by atoms with E-state index >= 15 is 0 Å². The van der Waals surface area contributed by atoms with E-state index in [-0.39, 0.29) is 11.9 Å². The molecule has 8 heteroatoms. The zero-order chi connectivity index (χ0) is 23.7. The molecule has 1 aromatic heterocycles. The number of sulfonamides is 1. The maximum atomic E-state index is 12.0. The third-order valence-electron chi connectivity index (χ3n) is 6.95. The van der Waals surface area contributed by atoms with Gasteiger partial charge >= 0.3 is 0 Å². The minimum absolute atomic E-state index is 0.0485. The number of nitrogens with one attached hydrogen (secondary N) is 2. The molecule has 0 atom stereocenters. The van der Waals surface area contributed by atoms with Gasteiger partial charge in [-0.05, 0) is 50.5 Å². The van der Waals surface area contributed by atoms with Crippen LogP contribution in [0.5, 0.6) is 5.75 Å². The molecule has 2 heterocycles. The molecular weight excluding hydrogens is 450 g/mol. The smallest absolute Gasteiger partial charge is 0.232 e. The molecule has 0 bridgehead atoms. The molecule has 2 fully saturated rings. The van der Waals surface area contributed by atoms with Gasteiger partial charge in [0, 0.05) is 48.6 Å². The van der Waals surface area contributed by atoms with Crippen LogP contribution in [0.4, 0.5) is 11.4 Å². The molecule has 2 aliphatic rings. The molecule has 34 heavy (non-hydrogen) atoms. The highest BCUT2D eigenvalue weighted by Crippen LogP contribution is 2.46. The quantitative estimate of drug-likeness (QED) is 0.449. The highest BCUT2D eigenvalue weighted by molar-refractivity contribution is 7.92. The molecule has 2 N–H and O–H groups in total. The zero-order valence-electron chi connectivity index (χ0n) is 19.8. The van der Waals surface area contributed by atoms with Gasteiger partial charge < -0.3 is 19.4 Å². The second kappa shape index (κ2) is 9.50. The number of anilines is 2. The van der Waals surface area contributed by atoms with Crippen LogP contribution in [0.25, 0.3) is 22.2 Å². The molecule has 0 unspecified atom stereocenters. The van der Waals surface area contributed by atoms with Gasteiger partial charge in [0.15, 0.2) is 0 Å². The predicted octanol–water partition coefficient (Wildman–Crippen LogP) is 5.39. The van der Waals surface area contributed by atoms with E-state index in [0.29, 0.717) is 11.7 Å². The Hall–Kier alpha value is -2.71. The number of fused-ring (bicyclic) bond motifs is 1. The van der Waals surface area contributed by atoms with Gasteiger partial charge in [0.25, 0.3) is 0 Å². The Bertz CT molecular complexity index is 1260. The molecule has 2 aromatic carbocycles. The number of hydrogen-bond acceptors (Lipinski definition) is 5. The summed E-state index contributed by atoms with van der Waals surface area (Å²) in [7, 11) is -1.35. The summed E-state index contributed by atoms with van der Waals surface area (Å²) in [5, 5.41) is 4.60. The van der Waals surface area contributed by atoms with Gasteiger partial charge in [-0.2, -0.15) is 0 Å². The van der Waals surface area contributed by atoms with Gasteiger partial charge in [-0.15, -0.1) is 0 Å². The number of rotatable bonds is 8. The van der Waals surface area contributed by atoms with Crippen LogP contribution in [0.1, 0.15) is 45.1 Å². The van der Waals surface area contributed by atoms with Crippen molar-refractivity contribution in [3.63, 3.8) is 0 Å². The monoisotopic (exact) mass is 483 g/mol. The number of ether oxygens (including phenoxy) is 2. The summed E-state index contributed by atoms with van der Waals surface area (Å²) < 4.78 is 40.8. The number of aromatic nitrogens is 1. The van der Waals surface area contributed by atoms with Crippen LogP contribution < -0.4 is 14.8 Å². The number of nitrogens with zero attached hydrogens (tertiary/aromatic N) is 1. The molecule has 3 aromatic rings. The van der Waals surface area contributed by atoms with E-state index in [1.807, 2.05) is 31.3 Å². The fourth-order valence-electron chi connectivity index (χ4n) is 4.86. The first kappa shape index (κ1) is 23.1. The van der Waals surface area contributed by atoms with Crippen molar-refractivity contribution in [1.82, 2.24) is 4.57 Å². The summed E-state index contributed by atoms with van der Waals surface area (Å²) in [6, 6.07) is 14.5. The average Bonchev–Trinajstić information content (AvgIpc) is 3.12. The van der Waals surface area contributed by atoms with Crippen LogP contribution in [-0.2, 0) is 14.8 Å². The lowest BCUT2D eigenvalue weighted by molar-refractivity contribution is 0.0256. The van der Waals surface area contributed by atoms with E-state index in [2.05, 4.69) is 32.8 Å². The first-order chi connectivity index (χ1) is 16.5.